The summed E-state index contributed by atoms with van der Waals surface area (Å²) < 4.78 is 5.72. The molecule has 2 N–H and O–H groups in total. The van der Waals surface area contributed by atoms with E-state index in [1.807, 2.05) is 50.2 Å². The summed E-state index contributed by atoms with van der Waals surface area (Å²) in [5.41, 5.74) is 2.58. The van der Waals surface area contributed by atoms with E-state index >= 15 is 0 Å². The van der Waals surface area contributed by atoms with Crippen LogP contribution in [0.1, 0.15) is 31.7 Å². The summed E-state index contributed by atoms with van der Waals surface area (Å²) in [4.78, 5) is 28.1. The van der Waals surface area contributed by atoms with Gasteiger partial charge in [0.05, 0.1) is 6.20 Å². The molecule has 3 rings (SSSR count). The van der Waals surface area contributed by atoms with Gasteiger partial charge < -0.3 is 15.1 Å². The summed E-state index contributed by atoms with van der Waals surface area (Å²) >= 11 is 5.89. The fourth-order valence-corrected chi connectivity index (χ4v) is 2.80. The number of hydrogen-bond acceptors (Lipinski definition) is 4. The van der Waals surface area contributed by atoms with E-state index in [4.69, 9.17) is 16.0 Å². The van der Waals surface area contributed by atoms with Crippen LogP contribution in [0.4, 0.5) is 5.69 Å². The van der Waals surface area contributed by atoms with E-state index in [0.29, 0.717) is 29.6 Å². The monoisotopic (exact) mass is 425 g/mol. The van der Waals surface area contributed by atoms with Crippen molar-refractivity contribution in [2.45, 2.75) is 33.2 Å². The molecule has 30 heavy (non-hydrogen) atoms. The number of nitrogens with zero attached hydrogens (tertiary/aromatic N) is 1. The number of carbonyl (C=O) groups is 2. The van der Waals surface area contributed by atoms with Crippen molar-refractivity contribution in [3.05, 3.63) is 71.2 Å². The number of amides is 2. The second-order valence-corrected chi connectivity index (χ2v) is 7.68. The Labute approximate surface area is 180 Å². The van der Waals surface area contributed by atoms with Gasteiger partial charge in [0.15, 0.2) is 11.7 Å². The minimum Gasteiger partial charge on any atom is -0.441 e. The molecule has 0 aliphatic rings. The van der Waals surface area contributed by atoms with Crippen molar-refractivity contribution in [3.63, 3.8) is 0 Å². The Morgan fingerprint density at radius 1 is 1.07 bits per heavy atom. The number of rotatable bonds is 8. The third-order valence-corrected chi connectivity index (χ3v) is 4.74. The highest BCUT2D eigenvalue weighted by Gasteiger charge is 2.10. The number of aromatic nitrogens is 1. The average Bonchev–Trinajstić information content (AvgIpc) is 3.21. The molecule has 0 fully saturated rings. The van der Waals surface area contributed by atoms with Gasteiger partial charge in [0.2, 0.25) is 11.8 Å². The first-order valence-corrected chi connectivity index (χ1v) is 10.2. The van der Waals surface area contributed by atoms with Crippen LogP contribution in [-0.2, 0) is 22.6 Å². The molecule has 1 aromatic heterocycles. The highest BCUT2D eigenvalue weighted by Crippen LogP contribution is 2.22. The van der Waals surface area contributed by atoms with E-state index in [2.05, 4.69) is 15.6 Å². The Morgan fingerprint density at radius 2 is 1.77 bits per heavy atom. The molecule has 7 heteroatoms. The highest BCUT2D eigenvalue weighted by molar-refractivity contribution is 6.30. The largest absolute Gasteiger partial charge is 0.441 e. The molecule has 0 saturated heterocycles. The molecule has 0 bridgehead atoms. The second-order valence-electron chi connectivity index (χ2n) is 7.24. The van der Waals surface area contributed by atoms with Gasteiger partial charge in [-0.1, -0.05) is 37.6 Å². The van der Waals surface area contributed by atoms with Crippen LogP contribution in [0.25, 0.3) is 11.3 Å². The SMILES string of the molecule is CC(C)C(=O)Nc1ccc(CNC(=O)CCc2ncc(-c3ccc(Cl)cc3)o2)cc1. The Morgan fingerprint density at radius 3 is 2.43 bits per heavy atom. The van der Waals surface area contributed by atoms with Crippen LogP contribution in [0.3, 0.4) is 0 Å². The van der Waals surface area contributed by atoms with Crippen molar-refractivity contribution in [2.75, 3.05) is 5.32 Å². The van der Waals surface area contributed by atoms with Crippen LogP contribution >= 0.6 is 11.6 Å². The predicted octanol–water partition coefficient (Wildman–Crippen LogP) is 4.84. The smallest absolute Gasteiger partial charge is 0.226 e. The van der Waals surface area contributed by atoms with E-state index in [-0.39, 0.29) is 24.2 Å². The fourth-order valence-electron chi connectivity index (χ4n) is 2.68. The first kappa shape index (κ1) is 21.6. The Hall–Kier alpha value is -3.12. The van der Waals surface area contributed by atoms with Crippen molar-refractivity contribution >= 4 is 29.1 Å². The molecule has 0 radical (unpaired) electrons. The van der Waals surface area contributed by atoms with Gasteiger partial charge in [0, 0.05) is 41.6 Å². The molecule has 0 unspecified atom stereocenters. The van der Waals surface area contributed by atoms with Crippen LogP contribution in [-0.4, -0.2) is 16.8 Å². The van der Waals surface area contributed by atoms with Gasteiger partial charge in [0.25, 0.3) is 0 Å². The quantitative estimate of drug-likeness (QED) is 0.541. The Bertz CT molecular complexity index is 995. The number of aryl methyl sites for hydroxylation is 1. The lowest BCUT2D eigenvalue weighted by atomic mass is 10.1. The van der Waals surface area contributed by atoms with Crippen LogP contribution in [0.15, 0.2) is 59.1 Å². The summed E-state index contributed by atoms with van der Waals surface area (Å²) in [7, 11) is 0. The van der Waals surface area contributed by atoms with E-state index in [0.717, 1.165) is 16.8 Å². The molecule has 2 aromatic carbocycles. The van der Waals surface area contributed by atoms with Gasteiger partial charge in [-0.05, 0) is 42.0 Å². The lowest BCUT2D eigenvalue weighted by Crippen LogP contribution is -2.23. The molecule has 0 saturated carbocycles. The Balaban J connectivity index is 1.44. The zero-order valence-electron chi connectivity index (χ0n) is 16.9. The molecule has 6 nitrogen and oxygen atoms in total. The van der Waals surface area contributed by atoms with Gasteiger partial charge in [-0.25, -0.2) is 4.98 Å². The molecule has 0 aliphatic carbocycles. The zero-order valence-corrected chi connectivity index (χ0v) is 17.7. The fraction of sp³-hybridized carbons (Fsp3) is 0.261. The third kappa shape index (κ3) is 6.19. The molecule has 1 heterocycles. The van der Waals surface area contributed by atoms with E-state index in [9.17, 15) is 9.59 Å². The first-order valence-electron chi connectivity index (χ1n) is 9.78. The second kappa shape index (κ2) is 10.1. The molecular weight excluding hydrogens is 402 g/mol. The normalized spacial score (nSPS) is 10.8. The maximum absolute atomic E-state index is 12.1. The van der Waals surface area contributed by atoms with Gasteiger partial charge in [-0.3, -0.25) is 9.59 Å². The van der Waals surface area contributed by atoms with Crippen molar-refractivity contribution < 1.29 is 14.0 Å². The minimum absolute atomic E-state index is 0.0261. The molecule has 156 valence electrons. The third-order valence-electron chi connectivity index (χ3n) is 4.48. The number of oxazole rings is 1. The van der Waals surface area contributed by atoms with Gasteiger partial charge in [-0.15, -0.1) is 0 Å². The van der Waals surface area contributed by atoms with Crippen molar-refractivity contribution in [1.82, 2.24) is 10.3 Å². The number of anilines is 1. The lowest BCUT2D eigenvalue weighted by Gasteiger charge is -2.09. The van der Waals surface area contributed by atoms with E-state index in [1.165, 1.54) is 0 Å². The van der Waals surface area contributed by atoms with Crippen LogP contribution in [0.2, 0.25) is 5.02 Å². The minimum atomic E-state index is -0.0848. The van der Waals surface area contributed by atoms with Crippen molar-refractivity contribution in [2.24, 2.45) is 5.92 Å². The van der Waals surface area contributed by atoms with Crippen LogP contribution in [0.5, 0.6) is 0 Å². The van der Waals surface area contributed by atoms with Crippen molar-refractivity contribution in [1.29, 1.82) is 0 Å². The molecule has 3 aromatic rings. The number of carbonyl (C=O) groups excluding carboxylic acids is 2. The van der Waals surface area contributed by atoms with Crippen LogP contribution < -0.4 is 10.6 Å². The summed E-state index contributed by atoms with van der Waals surface area (Å²) in [5.74, 6) is 0.974. The zero-order chi connectivity index (χ0) is 21.5. The number of halogens is 1. The lowest BCUT2D eigenvalue weighted by molar-refractivity contribution is -0.121. The number of hydrogen-bond donors (Lipinski definition) is 2. The maximum atomic E-state index is 12.1. The topological polar surface area (TPSA) is 84.2 Å². The number of benzene rings is 2. The predicted molar refractivity (Wildman–Crippen MR) is 117 cm³/mol. The van der Waals surface area contributed by atoms with E-state index in [1.54, 1.807) is 18.3 Å². The number of nitrogens with one attached hydrogen (secondary N) is 2. The Kier molecular flexibility index (Phi) is 7.25. The molecule has 0 atom stereocenters. The average molecular weight is 426 g/mol. The highest BCUT2D eigenvalue weighted by atomic mass is 35.5. The van der Waals surface area contributed by atoms with Gasteiger partial charge in [-0.2, -0.15) is 0 Å². The molecule has 0 spiro atoms. The van der Waals surface area contributed by atoms with E-state index < -0.39 is 0 Å². The summed E-state index contributed by atoms with van der Waals surface area (Å²) in [6, 6.07) is 14.7. The standard InChI is InChI=1S/C23H24ClN3O3/c1-15(2)23(29)27-19-9-3-16(4-10-19)13-25-21(28)11-12-22-26-14-20(30-22)17-5-7-18(24)8-6-17/h3-10,14-15H,11-13H2,1-2H3,(H,25,28)(H,27,29). The molecular formula is C23H24ClN3O3. The maximum Gasteiger partial charge on any atom is 0.226 e. The van der Waals surface area contributed by atoms with Crippen molar-refractivity contribution in [3.8, 4) is 11.3 Å². The molecule has 0 aliphatic heterocycles. The molecule has 2 amide bonds. The summed E-state index contributed by atoms with van der Waals surface area (Å²) in [6.07, 6.45) is 2.35. The first-order chi connectivity index (χ1) is 14.4. The van der Waals surface area contributed by atoms with Gasteiger partial charge in [0.1, 0.15) is 0 Å². The summed E-state index contributed by atoms with van der Waals surface area (Å²) in [6.45, 7) is 4.10. The van der Waals surface area contributed by atoms with Gasteiger partial charge >= 0.3 is 0 Å². The summed E-state index contributed by atoms with van der Waals surface area (Å²) in [5, 5.41) is 6.38. The van der Waals surface area contributed by atoms with Crippen LogP contribution in [0, 0.1) is 5.92 Å².